The first-order valence-electron chi connectivity index (χ1n) is 6.18. The van der Waals surface area contributed by atoms with Crippen LogP contribution >= 0.6 is 0 Å². The van der Waals surface area contributed by atoms with Crippen molar-refractivity contribution in [2.75, 3.05) is 7.11 Å². The second-order valence-electron chi connectivity index (χ2n) is 4.18. The largest absolute Gasteiger partial charge is 0.373 e. The molecule has 2 aromatic rings. The molecule has 0 spiro atoms. The molecular formula is C17H18O. The van der Waals surface area contributed by atoms with Crippen molar-refractivity contribution in [2.45, 2.75) is 12.5 Å². The number of rotatable bonds is 5. The van der Waals surface area contributed by atoms with Gasteiger partial charge in [-0.2, -0.15) is 0 Å². The Bertz CT molecular complexity index is 473. The van der Waals surface area contributed by atoms with Crippen LogP contribution in [0.3, 0.4) is 0 Å². The van der Waals surface area contributed by atoms with Gasteiger partial charge in [-0.25, -0.2) is 0 Å². The predicted molar refractivity (Wildman–Crippen MR) is 75.5 cm³/mol. The maximum Gasteiger partial charge on any atom is 0.100 e. The Morgan fingerprint density at radius 1 is 0.944 bits per heavy atom. The molecule has 1 nitrogen and oxygen atoms in total. The summed E-state index contributed by atoms with van der Waals surface area (Å²) in [4.78, 5) is 0. The van der Waals surface area contributed by atoms with Crippen LogP contribution in [-0.2, 0) is 11.2 Å². The van der Waals surface area contributed by atoms with Gasteiger partial charge in [-0.05, 0) is 17.5 Å². The maximum absolute atomic E-state index is 5.49. The maximum atomic E-state index is 5.49. The molecule has 92 valence electrons. The molecule has 1 unspecified atom stereocenters. The van der Waals surface area contributed by atoms with Gasteiger partial charge in [-0.15, -0.1) is 0 Å². The van der Waals surface area contributed by atoms with E-state index in [0.717, 1.165) is 6.42 Å². The predicted octanol–water partition coefficient (Wildman–Crippen LogP) is 4.17. The normalized spacial score (nSPS) is 12.7. The number of hydrogen-bond acceptors (Lipinski definition) is 1. The molecule has 2 aromatic carbocycles. The van der Waals surface area contributed by atoms with Gasteiger partial charge in [-0.3, -0.25) is 0 Å². The number of hydrogen-bond donors (Lipinski definition) is 0. The minimum atomic E-state index is 0.0370. The van der Waals surface area contributed by atoms with Crippen LogP contribution in [0, 0.1) is 0 Å². The van der Waals surface area contributed by atoms with Crippen molar-refractivity contribution in [1.82, 2.24) is 0 Å². The Hall–Kier alpha value is -1.86. The van der Waals surface area contributed by atoms with Crippen molar-refractivity contribution >= 4 is 0 Å². The van der Waals surface area contributed by atoms with Crippen LogP contribution in [0.15, 0.2) is 72.8 Å². The van der Waals surface area contributed by atoms with Gasteiger partial charge in [0, 0.05) is 7.11 Å². The first-order chi connectivity index (χ1) is 8.90. The van der Waals surface area contributed by atoms with E-state index in [0.29, 0.717) is 0 Å². The summed E-state index contributed by atoms with van der Waals surface area (Å²) >= 11 is 0. The standard InChI is InChI=1S/C17H18O/c1-18-17(16-12-6-3-7-13-16)14-8-11-15-9-4-2-5-10-15/h2-10,12-14,17H,11H2,1H3/b14-8+. The number of allylic oxidation sites excluding steroid dienone is 1. The lowest BCUT2D eigenvalue weighted by Gasteiger charge is -2.10. The summed E-state index contributed by atoms with van der Waals surface area (Å²) in [5.41, 5.74) is 2.50. The van der Waals surface area contributed by atoms with Crippen LogP contribution in [0.2, 0.25) is 0 Å². The van der Waals surface area contributed by atoms with E-state index < -0.39 is 0 Å². The Labute approximate surface area is 109 Å². The molecule has 0 bridgehead atoms. The van der Waals surface area contributed by atoms with Crippen LogP contribution < -0.4 is 0 Å². The van der Waals surface area contributed by atoms with E-state index in [1.54, 1.807) is 7.11 Å². The minimum Gasteiger partial charge on any atom is -0.373 e. The van der Waals surface area contributed by atoms with Crippen LogP contribution in [-0.4, -0.2) is 7.11 Å². The van der Waals surface area contributed by atoms with Crippen molar-refractivity contribution in [3.8, 4) is 0 Å². The molecular weight excluding hydrogens is 220 g/mol. The third-order valence-electron chi connectivity index (χ3n) is 2.89. The zero-order chi connectivity index (χ0) is 12.6. The van der Waals surface area contributed by atoms with Crippen LogP contribution in [0.25, 0.3) is 0 Å². The Morgan fingerprint density at radius 3 is 2.17 bits per heavy atom. The monoisotopic (exact) mass is 238 g/mol. The molecule has 0 aromatic heterocycles. The van der Waals surface area contributed by atoms with Crippen molar-refractivity contribution < 1.29 is 4.74 Å². The van der Waals surface area contributed by atoms with E-state index in [4.69, 9.17) is 4.74 Å². The number of methoxy groups -OCH3 is 1. The van der Waals surface area contributed by atoms with Crippen LogP contribution in [0.1, 0.15) is 17.2 Å². The fraction of sp³-hybridized carbons (Fsp3) is 0.176. The van der Waals surface area contributed by atoms with Gasteiger partial charge in [-0.1, -0.05) is 72.8 Å². The zero-order valence-electron chi connectivity index (χ0n) is 10.6. The quantitative estimate of drug-likeness (QED) is 0.710. The van der Waals surface area contributed by atoms with Crippen molar-refractivity contribution in [3.05, 3.63) is 83.9 Å². The molecule has 0 aliphatic heterocycles. The van der Waals surface area contributed by atoms with E-state index in [-0.39, 0.29) is 6.10 Å². The van der Waals surface area contributed by atoms with Gasteiger partial charge in [0.15, 0.2) is 0 Å². The molecule has 0 amide bonds. The number of benzene rings is 2. The van der Waals surface area contributed by atoms with Gasteiger partial charge in [0.25, 0.3) is 0 Å². The molecule has 0 aliphatic carbocycles. The number of ether oxygens (including phenoxy) is 1. The molecule has 0 saturated carbocycles. The van der Waals surface area contributed by atoms with E-state index in [1.807, 2.05) is 24.3 Å². The Kier molecular flexibility index (Phi) is 4.74. The van der Waals surface area contributed by atoms with E-state index in [2.05, 4.69) is 48.6 Å². The third-order valence-corrected chi connectivity index (χ3v) is 2.89. The Morgan fingerprint density at radius 2 is 1.56 bits per heavy atom. The highest BCUT2D eigenvalue weighted by Gasteiger charge is 2.04. The summed E-state index contributed by atoms with van der Waals surface area (Å²) in [6, 6.07) is 20.7. The lowest BCUT2D eigenvalue weighted by molar-refractivity contribution is 0.142. The second kappa shape index (κ2) is 6.77. The highest BCUT2D eigenvalue weighted by molar-refractivity contribution is 5.23. The molecule has 1 atom stereocenters. The van der Waals surface area contributed by atoms with Crippen molar-refractivity contribution in [2.24, 2.45) is 0 Å². The van der Waals surface area contributed by atoms with Gasteiger partial charge in [0.2, 0.25) is 0 Å². The molecule has 0 heterocycles. The first kappa shape index (κ1) is 12.6. The van der Waals surface area contributed by atoms with Gasteiger partial charge in [0.1, 0.15) is 6.10 Å². The van der Waals surface area contributed by atoms with Crippen molar-refractivity contribution in [3.63, 3.8) is 0 Å². The average molecular weight is 238 g/mol. The second-order valence-corrected chi connectivity index (χ2v) is 4.18. The highest BCUT2D eigenvalue weighted by atomic mass is 16.5. The SMILES string of the molecule is COC(/C=C/Cc1ccccc1)c1ccccc1. The topological polar surface area (TPSA) is 9.23 Å². The molecule has 0 radical (unpaired) electrons. The lowest BCUT2D eigenvalue weighted by atomic mass is 10.1. The van der Waals surface area contributed by atoms with E-state index in [9.17, 15) is 0 Å². The third kappa shape index (κ3) is 3.57. The van der Waals surface area contributed by atoms with Gasteiger partial charge in [0.05, 0.1) is 0 Å². The van der Waals surface area contributed by atoms with Crippen LogP contribution in [0.5, 0.6) is 0 Å². The molecule has 18 heavy (non-hydrogen) atoms. The summed E-state index contributed by atoms with van der Waals surface area (Å²) < 4.78 is 5.49. The fourth-order valence-electron chi connectivity index (χ4n) is 1.91. The van der Waals surface area contributed by atoms with Gasteiger partial charge < -0.3 is 4.74 Å². The average Bonchev–Trinajstić information content (AvgIpc) is 2.46. The molecule has 1 heteroatoms. The van der Waals surface area contributed by atoms with E-state index >= 15 is 0 Å². The molecule has 0 N–H and O–H groups in total. The fourth-order valence-corrected chi connectivity index (χ4v) is 1.91. The first-order valence-corrected chi connectivity index (χ1v) is 6.18. The smallest absolute Gasteiger partial charge is 0.100 e. The summed E-state index contributed by atoms with van der Waals surface area (Å²) in [5.74, 6) is 0. The van der Waals surface area contributed by atoms with Gasteiger partial charge >= 0.3 is 0 Å². The zero-order valence-corrected chi connectivity index (χ0v) is 10.6. The van der Waals surface area contributed by atoms with E-state index in [1.165, 1.54) is 11.1 Å². The minimum absolute atomic E-state index is 0.0370. The summed E-state index contributed by atoms with van der Waals surface area (Å²) in [6.45, 7) is 0. The summed E-state index contributed by atoms with van der Waals surface area (Å²) in [6.07, 6.45) is 5.25. The highest BCUT2D eigenvalue weighted by Crippen LogP contribution is 2.17. The Balaban J connectivity index is 1.99. The summed E-state index contributed by atoms with van der Waals surface area (Å²) in [5, 5.41) is 0. The molecule has 0 saturated heterocycles. The lowest BCUT2D eigenvalue weighted by Crippen LogP contribution is -1.97. The van der Waals surface area contributed by atoms with Crippen molar-refractivity contribution in [1.29, 1.82) is 0 Å². The molecule has 0 fully saturated rings. The molecule has 2 rings (SSSR count). The molecule has 0 aliphatic rings. The van der Waals surface area contributed by atoms with Crippen LogP contribution in [0.4, 0.5) is 0 Å². The summed E-state index contributed by atoms with van der Waals surface area (Å²) in [7, 11) is 1.74.